The van der Waals surface area contributed by atoms with E-state index >= 15 is 0 Å². The molecule has 0 saturated carbocycles. The number of rotatable bonds is 2. The molecule has 2 rings (SSSR count). The molecule has 0 bridgehead atoms. The molecule has 0 fully saturated rings. The molecule has 2 aromatic rings. The van der Waals surface area contributed by atoms with Crippen LogP contribution in [0, 0.1) is 18.3 Å². The van der Waals surface area contributed by atoms with Crippen molar-refractivity contribution in [1.82, 2.24) is 5.16 Å². The minimum absolute atomic E-state index is 0.748. The first kappa shape index (κ1) is 10.3. The molecule has 3 nitrogen and oxygen atoms in total. The van der Waals surface area contributed by atoms with E-state index in [1.54, 1.807) is 18.0 Å². The Kier molecular flexibility index (Phi) is 2.80. The first-order valence-corrected chi connectivity index (χ1v) is 6.30. The van der Waals surface area contributed by atoms with Gasteiger partial charge in [0.25, 0.3) is 0 Å². The standard InChI is InChI=1S/C10H8N2OS2/c1-6-8(5-11)15-10(14-2)9(6)7-3-4-13-12-7/h3-4H,1-2H3. The van der Waals surface area contributed by atoms with Crippen LogP contribution in [0.2, 0.25) is 0 Å². The lowest BCUT2D eigenvalue weighted by Crippen LogP contribution is -1.80. The first-order chi connectivity index (χ1) is 7.27. The molecule has 0 amide bonds. The average Bonchev–Trinajstić information content (AvgIpc) is 2.84. The molecule has 0 atom stereocenters. The summed E-state index contributed by atoms with van der Waals surface area (Å²) in [7, 11) is 0. The van der Waals surface area contributed by atoms with Gasteiger partial charge in [0.2, 0.25) is 0 Å². The van der Waals surface area contributed by atoms with Crippen molar-refractivity contribution in [2.24, 2.45) is 0 Å². The molecule has 15 heavy (non-hydrogen) atoms. The third-order valence-electron chi connectivity index (χ3n) is 2.10. The summed E-state index contributed by atoms with van der Waals surface area (Å²) >= 11 is 3.13. The Labute approximate surface area is 95.7 Å². The molecule has 0 unspecified atom stereocenters. The summed E-state index contributed by atoms with van der Waals surface area (Å²) in [4.78, 5) is 0.748. The van der Waals surface area contributed by atoms with Crippen LogP contribution in [0.15, 0.2) is 21.1 Å². The normalized spacial score (nSPS) is 10.2. The van der Waals surface area contributed by atoms with Gasteiger partial charge in [-0.15, -0.1) is 23.1 Å². The summed E-state index contributed by atoms with van der Waals surface area (Å²) in [5.41, 5.74) is 2.81. The quantitative estimate of drug-likeness (QED) is 0.751. The summed E-state index contributed by atoms with van der Waals surface area (Å²) in [5, 5.41) is 12.9. The van der Waals surface area contributed by atoms with Crippen LogP contribution in [0.1, 0.15) is 10.4 Å². The van der Waals surface area contributed by atoms with Crippen molar-refractivity contribution in [2.75, 3.05) is 6.26 Å². The molecular formula is C10H8N2OS2. The highest BCUT2D eigenvalue weighted by molar-refractivity contribution is 8.00. The average molecular weight is 236 g/mol. The number of hydrogen-bond acceptors (Lipinski definition) is 5. The van der Waals surface area contributed by atoms with E-state index in [0.29, 0.717) is 0 Å². The van der Waals surface area contributed by atoms with Crippen molar-refractivity contribution >= 4 is 23.1 Å². The fraction of sp³-hybridized carbons (Fsp3) is 0.200. The first-order valence-electron chi connectivity index (χ1n) is 4.26. The van der Waals surface area contributed by atoms with Gasteiger partial charge >= 0.3 is 0 Å². The number of nitriles is 1. The third kappa shape index (κ3) is 1.66. The highest BCUT2D eigenvalue weighted by Gasteiger charge is 2.17. The lowest BCUT2D eigenvalue weighted by Gasteiger charge is -1.97. The van der Waals surface area contributed by atoms with Gasteiger partial charge < -0.3 is 4.52 Å². The molecule has 0 aliphatic rings. The zero-order valence-electron chi connectivity index (χ0n) is 8.27. The van der Waals surface area contributed by atoms with E-state index in [1.807, 2.05) is 19.2 Å². The van der Waals surface area contributed by atoms with Crippen LogP contribution in [0.4, 0.5) is 0 Å². The maximum Gasteiger partial charge on any atom is 0.124 e. The van der Waals surface area contributed by atoms with E-state index in [-0.39, 0.29) is 0 Å². The molecular weight excluding hydrogens is 228 g/mol. The van der Waals surface area contributed by atoms with Crippen molar-refractivity contribution in [3.05, 3.63) is 22.8 Å². The summed E-state index contributed by atoms with van der Waals surface area (Å²) in [5.74, 6) is 0. The Hall–Kier alpha value is -1.25. The highest BCUT2D eigenvalue weighted by atomic mass is 32.2. The molecule has 2 heterocycles. The van der Waals surface area contributed by atoms with Gasteiger partial charge in [-0.05, 0) is 18.7 Å². The van der Waals surface area contributed by atoms with Crippen LogP contribution in [0.3, 0.4) is 0 Å². The highest BCUT2D eigenvalue weighted by Crippen LogP contribution is 2.40. The van der Waals surface area contributed by atoms with Gasteiger partial charge in [0.15, 0.2) is 0 Å². The predicted octanol–water partition coefficient (Wildman–Crippen LogP) is 3.31. The van der Waals surface area contributed by atoms with E-state index < -0.39 is 0 Å². The maximum absolute atomic E-state index is 8.96. The van der Waals surface area contributed by atoms with Gasteiger partial charge in [0, 0.05) is 11.6 Å². The minimum atomic E-state index is 0.748. The van der Waals surface area contributed by atoms with Gasteiger partial charge in [-0.25, -0.2) is 0 Å². The monoisotopic (exact) mass is 236 g/mol. The van der Waals surface area contributed by atoms with Crippen molar-refractivity contribution in [2.45, 2.75) is 11.1 Å². The summed E-state index contributed by atoms with van der Waals surface area (Å²) in [6.07, 6.45) is 3.54. The zero-order chi connectivity index (χ0) is 10.8. The van der Waals surface area contributed by atoms with Crippen molar-refractivity contribution in [1.29, 1.82) is 5.26 Å². The molecule has 0 aliphatic heterocycles. The van der Waals surface area contributed by atoms with Gasteiger partial charge in [-0.1, -0.05) is 5.16 Å². The predicted molar refractivity (Wildman–Crippen MR) is 61.0 cm³/mol. The zero-order valence-corrected chi connectivity index (χ0v) is 9.91. The van der Waals surface area contributed by atoms with E-state index in [9.17, 15) is 0 Å². The topological polar surface area (TPSA) is 49.8 Å². The largest absolute Gasteiger partial charge is 0.364 e. The van der Waals surface area contributed by atoms with Crippen molar-refractivity contribution < 1.29 is 4.52 Å². The van der Waals surface area contributed by atoms with Gasteiger partial charge in [0.05, 0.1) is 4.21 Å². The van der Waals surface area contributed by atoms with Gasteiger partial charge in [-0.3, -0.25) is 0 Å². The minimum Gasteiger partial charge on any atom is -0.364 e. The Morgan fingerprint density at radius 2 is 2.40 bits per heavy atom. The molecule has 0 spiro atoms. The second-order valence-corrected chi connectivity index (χ2v) is 5.01. The lowest BCUT2D eigenvalue weighted by atomic mass is 10.1. The Morgan fingerprint density at radius 1 is 1.60 bits per heavy atom. The van der Waals surface area contributed by atoms with Gasteiger partial charge in [0.1, 0.15) is 22.9 Å². The maximum atomic E-state index is 8.96. The fourth-order valence-electron chi connectivity index (χ4n) is 1.38. The van der Waals surface area contributed by atoms with E-state index in [2.05, 4.69) is 11.2 Å². The van der Waals surface area contributed by atoms with Gasteiger partial charge in [-0.2, -0.15) is 5.26 Å². The van der Waals surface area contributed by atoms with Crippen LogP contribution in [0.25, 0.3) is 11.3 Å². The summed E-state index contributed by atoms with van der Waals surface area (Å²) < 4.78 is 5.94. The smallest absolute Gasteiger partial charge is 0.124 e. The Balaban J connectivity index is 2.65. The summed E-state index contributed by atoms with van der Waals surface area (Å²) in [6, 6.07) is 4.01. The second-order valence-electron chi connectivity index (χ2n) is 2.92. The van der Waals surface area contributed by atoms with Crippen molar-refractivity contribution in [3.8, 4) is 17.3 Å². The number of thiophene rings is 1. The number of thioether (sulfide) groups is 1. The van der Waals surface area contributed by atoms with E-state index in [1.165, 1.54) is 11.3 Å². The molecule has 2 aromatic heterocycles. The van der Waals surface area contributed by atoms with Crippen LogP contribution in [-0.2, 0) is 0 Å². The third-order valence-corrected chi connectivity index (χ3v) is 4.41. The van der Waals surface area contributed by atoms with Crippen LogP contribution >= 0.6 is 23.1 Å². The summed E-state index contributed by atoms with van der Waals surface area (Å²) in [6.45, 7) is 1.94. The number of hydrogen-bond donors (Lipinski definition) is 0. The molecule has 76 valence electrons. The van der Waals surface area contributed by atoms with Crippen LogP contribution < -0.4 is 0 Å². The van der Waals surface area contributed by atoms with Crippen molar-refractivity contribution in [3.63, 3.8) is 0 Å². The lowest BCUT2D eigenvalue weighted by molar-refractivity contribution is 0.422. The molecule has 0 N–H and O–H groups in total. The van der Waals surface area contributed by atoms with E-state index in [4.69, 9.17) is 9.78 Å². The fourth-order valence-corrected chi connectivity index (χ4v) is 3.27. The molecule has 0 aliphatic carbocycles. The molecule has 0 radical (unpaired) electrons. The SMILES string of the molecule is CSc1sc(C#N)c(C)c1-c1ccon1. The van der Waals surface area contributed by atoms with Crippen LogP contribution in [0.5, 0.6) is 0 Å². The Bertz CT molecular complexity index is 508. The molecule has 0 aromatic carbocycles. The number of nitrogens with zero attached hydrogens (tertiary/aromatic N) is 2. The number of aromatic nitrogens is 1. The molecule has 0 saturated heterocycles. The van der Waals surface area contributed by atoms with E-state index in [0.717, 1.165) is 25.9 Å². The second kappa shape index (κ2) is 4.09. The molecule has 5 heteroatoms. The Morgan fingerprint density at radius 3 is 2.93 bits per heavy atom. The van der Waals surface area contributed by atoms with Crippen LogP contribution in [-0.4, -0.2) is 11.4 Å².